The fraction of sp³-hybridized carbons (Fsp3) is 0.542. The van der Waals surface area contributed by atoms with Crippen molar-refractivity contribution in [1.82, 2.24) is 20.6 Å². The van der Waals surface area contributed by atoms with E-state index in [-0.39, 0.29) is 5.91 Å². The van der Waals surface area contributed by atoms with Gasteiger partial charge in [-0.15, -0.1) is 0 Å². The molecular weight excluding hydrogens is 426 g/mol. The van der Waals surface area contributed by atoms with Crippen LogP contribution in [0.3, 0.4) is 0 Å². The first-order valence-electron chi connectivity index (χ1n) is 11.4. The molecule has 0 bridgehead atoms. The van der Waals surface area contributed by atoms with Crippen LogP contribution in [-0.2, 0) is 0 Å². The number of carbonyl (C=O) groups is 1. The predicted octanol–water partition coefficient (Wildman–Crippen LogP) is 3.77. The van der Waals surface area contributed by atoms with Gasteiger partial charge in [0.05, 0.1) is 24.0 Å². The Bertz CT molecular complexity index is 859. The number of ether oxygens (including phenoxy) is 1. The quantitative estimate of drug-likeness (QED) is 0.526. The maximum Gasteiger partial charge on any atom is 0.251 e. The zero-order chi connectivity index (χ0) is 22.9. The van der Waals surface area contributed by atoms with E-state index in [2.05, 4.69) is 25.5 Å². The van der Waals surface area contributed by atoms with E-state index in [9.17, 15) is 4.79 Å². The zero-order valence-electron chi connectivity index (χ0n) is 19.3. The first kappa shape index (κ1) is 24.3. The van der Waals surface area contributed by atoms with Crippen LogP contribution in [0.15, 0.2) is 24.5 Å². The first-order chi connectivity index (χ1) is 15.5. The number of amides is 1. The summed E-state index contributed by atoms with van der Waals surface area (Å²) in [6.45, 7) is 7.92. The summed E-state index contributed by atoms with van der Waals surface area (Å²) in [4.78, 5) is 23.3. The minimum Gasteiger partial charge on any atom is -0.494 e. The molecule has 1 amide bonds. The van der Waals surface area contributed by atoms with Crippen molar-refractivity contribution in [3.05, 3.63) is 46.2 Å². The average Bonchev–Trinajstić information content (AvgIpc) is 2.77. The highest BCUT2D eigenvalue weighted by Gasteiger charge is 2.21. The van der Waals surface area contributed by atoms with Gasteiger partial charge in [-0.3, -0.25) is 4.79 Å². The van der Waals surface area contributed by atoms with Crippen LogP contribution < -0.4 is 20.3 Å². The van der Waals surface area contributed by atoms with Gasteiger partial charge in [0.15, 0.2) is 0 Å². The van der Waals surface area contributed by atoms with Crippen LogP contribution in [0.4, 0.5) is 5.95 Å². The summed E-state index contributed by atoms with van der Waals surface area (Å²) in [7, 11) is 1.87. The predicted molar refractivity (Wildman–Crippen MR) is 129 cm³/mol. The summed E-state index contributed by atoms with van der Waals surface area (Å²) >= 11 is 5.88. The highest BCUT2D eigenvalue weighted by atomic mass is 35.5. The molecule has 3 rings (SSSR count). The van der Waals surface area contributed by atoms with Crippen LogP contribution in [0, 0.1) is 19.8 Å². The summed E-state index contributed by atoms with van der Waals surface area (Å²) in [6.07, 6.45) is 7.76. The van der Waals surface area contributed by atoms with E-state index in [1.54, 1.807) is 12.4 Å². The SMILES string of the molecule is CNCCNC(=O)c1c(C)cc(OCCCC2CCN(c3ncc(Cl)cn3)CC2)cc1C. The monoisotopic (exact) mass is 459 g/mol. The van der Waals surface area contributed by atoms with Crippen molar-refractivity contribution in [2.75, 3.05) is 44.7 Å². The molecule has 0 spiro atoms. The third kappa shape index (κ3) is 6.81. The minimum atomic E-state index is -0.0304. The number of piperidine rings is 1. The lowest BCUT2D eigenvalue weighted by molar-refractivity contribution is 0.0953. The molecule has 2 N–H and O–H groups in total. The molecule has 8 heteroatoms. The van der Waals surface area contributed by atoms with Crippen LogP contribution in [0.2, 0.25) is 5.02 Å². The molecular formula is C24H34ClN5O2. The second kappa shape index (κ2) is 12.0. The molecule has 32 heavy (non-hydrogen) atoms. The van der Waals surface area contributed by atoms with Crippen molar-refractivity contribution in [2.45, 2.75) is 39.5 Å². The molecule has 2 heterocycles. The topological polar surface area (TPSA) is 79.4 Å². The van der Waals surface area contributed by atoms with Gasteiger partial charge in [-0.2, -0.15) is 0 Å². The lowest BCUT2D eigenvalue weighted by atomic mass is 9.92. The lowest BCUT2D eigenvalue weighted by Crippen LogP contribution is -2.34. The number of hydrogen-bond donors (Lipinski definition) is 2. The van der Waals surface area contributed by atoms with Gasteiger partial charge < -0.3 is 20.3 Å². The molecule has 1 aromatic carbocycles. The second-order valence-corrected chi connectivity index (χ2v) is 8.85. The van der Waals surface area contributed by atoms with Crippen molar-refractivity contribution in [2.24, 2.45) is 5.92 Å². The minimum absolute atomic E-state index is 0.0304. The third-order valence-corrected chi connectivity index (χ3v) is 6.12. The molecule has 1 aliphatic heterocycles. The number of aromatic nitrogens is 2. The molecule has 7 nitrogen and oxygen atoms in total. The Morgan fingerprint density at radius 3 is 2.44 bits per heavy atom. The summed E-state index contributed by atoms with van der Waals surface area (Å²) < 4.78 is 6.01. The fourth-order valence-corrected chi connectivity index (χ4v) is 4.30. The van der Waals surface area contributed by atoms with Crippen molar-refractivity contribution in [3.63, 3.8) is 0 Å². The van der Waals surface area contributed by atoms with Crippen LogP contribution in [0.25, 0.3) is 0 Å². The van der Waals surface area contributed by atoms with E-state index in [1.165, 1.54) is 0 Å². The Labute approximate surface area is 195 Å². The number of benzene rings is 1. The van der Waals surface area contributed by atoms with Gasteiger partial charge in [0.25, 0.3) is 5.91 Å². The molecule has 174 valence electrons. The number of nitrogens with one attached hydrogen (secondary N) is 2. The Kier molecular flexibility index (Phi) is 9.11. The average molecular weight is 460 g/mol. The molecule has 0 aliphatic carbocycles. The van der Waals surface area contributed by atoms with Crippen LogP contribution in [-0.4, -0.2) is 55.7 Å². The molecule has 2 aromatic rings. The van der Waals surface area contributed by atoms with E-state index in [4.69, 9.17) is 16.3 Å². The smallest absolute Gasteiger partial charge is 0.251 e. The lowest BCUT2D eigenvalue weighted by Gasteiger charge is -2.32. The number of anilines is 1. The summed E-state index contributed by atoms with van der Waals surface area (Å²) in [5.41, 5.74) is 2.63. The van der Waals surface area contributed by atoms with Crippen LogP contribution in [0.5, 0.6) is 5.75 Å². The molecule has 0 unspecified atom stereocenters. The largest absolute Gasteiger partial charge is 0.494 e. The van der Waals surface area contributed by atoms with Gasteiger partial charge >= 0.3 is 0 Å². The standard InChI is InChI=1S/C24H34ClN5O2/c1-17-13-21(14-18(2)22(17)23(31)27-9-8-26-3)32-12-4-5-19-6-10-30(11-7-19)24-28-15-20(25)16-29-24/h13-16,19,26H,4-12H2,1-3H3,(H,27,31). The van der Waals surface area contributed by atoms with E-state index >= 15 is 0 Å². The Morgan fingerprint density at radius 1 is 1.16 bits per heavy atom. The van der Waals surface area contributed by atoms with Gasteiger partial charge in [0.2, 0.25) is 5.95 Å². The summed E-state index contributed by atoms with van der Waals surface area (Å²) in [5, 5.41) is 6.54. The Morgan fingerprint density at radius 2 is 1.81 bits per heavy atom. The van der Waals surface area contributed by atoms with E-state index in [0.717, 1.165) is 73.7 Å². The van der Waals surface area contributed by atoms with E-state index in [1.807, 2.05) is 33.0 Å². The normalized spacial score (nSPS) is 14.4. The van der Waals surface area contributed by atoms with Gasteiger partial charge in [-0.1, -0.05) is 11.6 Å². The number of carbonyl (C=O) groups excluding carboxylic acids is 1. The van der Waals surface area contributed by atoms with Crippen molar-refractivity contribution in [3.8, 4) is 5.75 Å². The van der Waals surface area contributed by atoms with Crippen molar-refractivity contribution in [1.29, 1.82) is 0 Å². The van der Waals surface area contributed by atoms with E-state index in [0.29, 0.717) is 24.1 Å². The third-order valence-electron chi connectivity index (χ3n) is 5.92. The van der Waals surface area contributed by atoms with Gasteiger partial charge in [-0.25, -0.2) is 9.97 Å². The highest BCUT2D eigenvalue weighted by Crippen LogP contribution is 2.26. The number of hydrogen-bond acceptors (Lipinski definition) is 6. The molecule has 0 radical (unpaired) electrons. The van der Waals surface area contributed by atoms with Gasteiger partial charge in [0, 0.05) is 31.7 Å². The molecule has 1 aliphatic rings. The maximum atomic E-state index is 12.4. The van der Waals surface area contributed by atoms with Crippen molar-refractivity contribution >= 4 is 23.5 Å². The van der Waals surface area contributed by atoms with Crippen molar-refractivity contribution < 1.29 is 9.53 Å². The van der Waals surface area contributed by atoms with Crippen LogP contribution in [0.1, 0.15) is 47.2 Å². The Balaban J connectivity index is 1.40. The number of rotatable bonds is 10. The zero-order valence-corrected chi connectivity index (χ0v) is 20.0. The molecule has 0 atom stereocenters. The fourth-order valence-electron chi connectivity index (χ4n) is 4.21. The number of halogens is 1. The number of nitrogens with zero attached hydrogens (tertiary/aromatic N) is 3. The maximum absolute atomic E-state index is 12.4. The first-order valence-corrected chi connectivity index (χ1v) is 11.7. The summed E-state index contributed by atoms with van der Waals surface area (Å²) in [6, 6.07) is 3.93. The second-order valence-electron chi connectivity index (χ2n) is 8.41. The molecule has 0 saturated carbocycles. The van der Waals surface area contributed by atoms with Crippen LogP contribution >= 0.6 is 11.6 Å². The number of likely N-dealkylation sites (N-methyl/N-ethyl adjacent to an activating group) is 1. The number of aryl methyl sites for hydroxylation is 2. The Hall–Kier alpha value is -2.38. The van der Waals surface area contributed by atoms with E-state index < -0.39 is 0 Å². The highest BCUT2D eigenvalue weighted by molar-refractivity contribution is 6.30. The molecule has 1 fully saturated rings. The summed E-state index contributed by atoms with van der Waals surface area (Å²) in [5.74, 6) is 2.27. The molecule has 1 saturated heterocycles. The van der Waals surface area contributed by atoms with Gasteiger partial charge in [0.1, 0.15) is 5.75 Å². The van der Waals surface area contributed by atoms with Gasteiger partial charge in [-0.05, 0) is 75.8 Å². The molecule has 1 aromatic heterocycles.